The fourth-order valence-corrected chi connectivity index (χ4v) is 3.03. The van der Waals surface area contributed by atoms with Crippen LogP contribution in [0.1, 0.15) is 32.5 Å². The van der Waals surface area contributed by atoms with E-state index in [4.69, 9.17) is 4.74 Å². The van der Waals surface area contributed by atoms with E-state index in [-0.39, 0.29) is 0 Å². The van der Waals surface area contributed by atoms with Crippen LogP contribution < -0.4 is 5.32 Å². The summed E-state index contributed by atoms with van der Waals surface area (Å²) < 4.78 is 9.38. The summed E-state index contributed by atoms with van der Waals surface area (Å²) in [6.07, 6.45) is 3.16. The third kappa shape index (κ3) is 4.40. The molecule has 0 saturated carbocycles. The van der Waals surface area contributed by atoms with E-state index in [2.05, 4.69) is 33.4 Å². The topological polar surface area (TPSA) is 50.3 Å². The SMILES string of the molecule is COCCc1nsc(NC2CCN(C(C)C)CC2)n1. The molecule has 1 aromatic rings. The zero-order valence-corrected chi connectivity index (χ0v) is 12.9. The van der Waals surface area contributed by atoms with Gasteiger partial charge in [-0.1, -0.05) is 0 Å². The summed E-state index contributed by atoms with van der Waals surface area (Å²) in [5.74, 6) is 0.883. The monoisotopic (exact) mass is 284 g/mol. The van der Waals surface area contributed by atoms with Gasteiger partial charge in [0.05, 0.1) is 6.61 Å². The molecule has 2 heterocycles. The van der Waals surface area contributed by atoms with Crippen LogP contribution in [0.5, 0.6) is 0 Å². The first-order valence-corrected chi connectivity index (χ1v) is 7.78. The summed E-state index contributed by atoms with van der Waals surface area (Å²) in [4.78, 5) is 7.03. The van der Waals surface area contributed by atoms with Crippen molar-refractivity contribution < 1.29 is 4.74 Å². The van der Waals surface area contributed by atoms with E-state index in [9.17, 15) is 0 Å². The van der Waals surface area contributed by atoms with Crippen LogP contribution >= 0.6 is 11.5 Å². The van der Waals surface area contributed by atoms with Crippen molar-refractivity contribution in [2.45, 2.75) is 45.2 Å². The Hall–Kier alpha value is -0.720. The molecular weight excluding hydrogens is 260 g/mol. The zero-order valence-electron chi connectivity index (χ0n) is 12.1. The van der Waals surface area contributed by atoms with Crippen LogP contribution in [0.3, 0.4) is 0 Å². The van der Waals surface area contributed by atoms with Crippen molar-refractivity contribution >= 4 is 16.7 Å². The summed E-state index contributed by atoms with van der Waals surface area (Å²) >= 11 is 1.46. The van der Waals surface area contributed by atoms with Crippen LogP contribution in [0.15, 0.2) is 0 Å². The van der Waals surface area contributed by atoms with Crippen molar-refractivity contribution in [3.8, 4) is 0 Å². The maximum absolute atomic E-state index is 5.04. The van der Waals surface area contributed by atoms with E-state index in [0.717, 1.165) is 17.4 Å². The van der Waals surface area contributed by atoms with Crippen LogP contribution in [0, 0.1) is 0 Å². The highest BCUT2D eigenvalue weighted by Crippen LogP contribution is 2.19. The van der Waals surface area contributed by atoms with Gasteiger partial charge in [0, 0.05) is 50.2 Å². The number of hydrogen-bond acceptors (Lipinski definition) is 6. The van der Waals surface area contributed by atoms with E-state index >= 15 is 0 Å². The molecule has 1 aliphatic rings. The summed E-state index contributed by atoms with van der Waals surface area (Å²) in [6, 6.07) is 1.20. The Labute approximate surface area is 119 Å². The van der Waals surface area contributed by atoms with Gasteiger partial charge in [0.2, 0.25) is 5.13 Å². The van der Waals surface area contributed by atoms with Gasteiger partial charge in [0.25, 0.3) is 0 Å². The molecule has 6 heteroatoms. The molecule has 0 atom stereocenters. The highest BCUT2D eigenvalue weighted by molar-refractivity contribution is 7.09. The number of hydrogen-bond donors (Lipinski definition) is 1. The largest absolute Gasteiger partial charge is 0.384 e. The number of ether oxygens (including phenoxy) is 1. The van der Waals surface area contributed by atoms with Crippen LogP contribution in [0.2, 0.25) is 0 Å². The number of anilines is 1. The number of likely N-dealkylation sites (tertiary alicyclic amines) is 1. The molecule has 1 N–H and O–H groups in total. The third-order valence-electron chi connectivity index (χ3n) is 3.59. The summed E-state index contributed by atoms with van der Waals surface area (Å²) in [7, 11) is 1.70. The molecule has 0 bridgehead atoms. The first-order valence-electron chi connectivity index (χ1n) is 7.01. The highest BCUT2D eigenvalue weighted by Gasteiger charge is 2.21. The third-order valence-corrected chi connectivity index (χ3v) is 4.27. The zero-order chi connectivity index (χ0) is 13.7. The van der Waals surface area contributed by atoms with Crippen molar-refractivity contribution in [1.29, 1.82) is 0 Å². The van der Waals surface area contributed by atoms with E-state index in [1.54, 1.807) is 7.11 Å². The molecule has 0 amide bonds. The Kier molecular flexibility index (Phi) is 5.54. The molecule has 5 nitrogen and oxygen atoms in total. The predicted octanol–water partition coefficient (Wildman–Crippen LogP) is 2.01. The minimum Gasteiger partial charge on any atom is -0.384 e. The van der Waals surface area contributed by atoms with Gasteiger partial charge in [0.15, 0.2) is 0 Å². The highest BCUT2D eigenvalue weighted by atomic mass is 32.1. The van der Waals surface area contributed by atoms with Crippen LogP contribution in [0.25, 0.3) is 0 Å². The Morgan fingerprint density at radius 2 is 2.16 bits per heavy atom. The van der Waals surface area contributed by atoms with E-state index in [1.165, 1.54) is 37.5 Å². The molecule has 0 spiro atoms. The first kappa shape index (κ1) is 14.7. The molecule has 0 unspecified atom stereocenters. The van der Waals surface area contributed by atoms with Gasteiger partial charge in [0.1, 0.15) is 5.82 Å². The fraction of sp³-hybridized carbons (Fsp3) is 0.846. The molecule has 0 aromatic carbocycles. The fourth-order valence-electron chi connectivity index (χ4n) is 2.34. The maximum Gasteiger partial charge on any atom is 0.202 e. The van der Waals surface area contributed by atoms with Crippen LogP contribution in [-0.2, 0) is 11.2 Å². The molecule has 1 saturated heterocycles. The minimum atomic E-state index is 0.540. The number of piperidine rings is 1. The molecular formula is C13H24N4OS. The number of nitrogens with one attached hydrogen (secondary N) is 1. The summed E-state index contributed by atoms with van der Waals surface area (Å²) in [6.45, 7) is 7.56. The Balaban J connectivity index is 1.77. The second kappa shape index (κ2) is 7.17. The number of rotatable bonds is 6. The summed E-state index contributed by atoms with van der Waals surface area (Å²) in [5, 5.41) is 4.47. The second-order valence-corrected chi connectivity index (χ2v) is 6.06. The molecule has 1 aromatic heterocycles. The number of methoxy groups -OCH3 is 1. The molecule has 1 aliphatic heterocycles. The average molecular weight is 284 g/mol. The van der Waals surface area contributed by atoms with Crippen molar-refractivity contribution in [2.24, 2.45) is 0 Å². The molecule has 2 rings (SSSR count). The first-order chi connectivity index (χ1) is 9.19. The standard InChI is InChI=1S/C13H24N4OS/c1-10(2)17-7-4-11(5-8-17)14-13-15-12(16-19-13)6-9-18-3/h10-11H,4-9H2,1-3H3,(H,14,15,16). The van der Waals surface area contributed by atoms with Gasteiger partial charge in [-0.3, -0.25) is 0 Å². The average Bonchev–Trinajstić information content (AvgIpc) is 2.84. The van der Waals surface area contributed by atoms with Gasteiger partial charge in [-0.05, 0) is 26.7 Å². The summed E-state index contributed by atoms with van der Waals surface area (Å²) in [5.41, 5.74) is 0. The second-order valence-electron chi connectivity index (χ2n) is 5.31. The Morgan fingerprint density at radius 1 is 1.42 bits per heavy atom. The minimum absolute atomic E-state index is 0.540. The molecule has 1 fully saturated rings. The smallest absolute Gasteiger partial charge is 0.202 e. The van der Waals surface area contributed by atoms with E-state index < -0.39 is 0 Å². The predicted molar refractivity (Wildman–Crippen MR) is 78.8 cm³/mol. The van der Waals surface area contributed by atoms with Crippen molar-refractivity contribution in [3.63, 3.8) is 0 Å². The van der Waals surface area contributed by atoms with Crippen LogP contribution in [0.4, 0.5) is 5.13 Å². The van der Waals surface area contributed by atoms with Crippen molar-refractivity contribution in [3.05, 3.63) is 5.82 Å². The van der Waals surface area contributed by atoms with E-state index in [1.807, 2.05) is 0 Å². The van der Waals surface area contributed by atoms with E-state index in [0.29, 0.717) is 18.7 Å². The quantitative estimate of drug-likeness (QED) is 0.866. The number of aromatic nitrogens is 2. The number of nitrogens with zero attached hydrogens (tertiary/aromatic N) is 3. The molecule has 0 aliphatic carbocycles. The Morgan fingerprint density at radius 3 is 2.79 bits per heavy atom. The molecule has 19 heavy (non-hydrogen) atoms. The van der Waals surface area contributed by atoms with Gasteiger partial charge < -0.3 is 15.0 Å². The lowest BCUT2D eigenvalue weighted by molar-refractivity contribution is 0.177. The lowest BCUT2D eigenvalue weighted by Gasteiger charge is -2.34. The Bertz CT molecular complexity index is 374. The van der Waals surface area contributed by atoms with Gasteiger partial charge in [-0.15, -0.1) is 0 Å². The lowest BCUT2D eigenvalue weighted by Crippen LogP contribution is -2.42. The van der Waals surface area contributed by atoms with Gasteiger partial charge in [-0.2, -0.15) is 4.37 Å². The lowest BCUT2D eigenvalue weighted by atomic mass is 10.0. The van der Waals surface area contributed by atoms with Gasteiger partial charge in [-0.25, -0.2) is 4.98 Å². The van der Waals surface area contributed by atoms with Crippen LogP contribution in [-0.4, -0.2) is 53.1 Å². The van der Waals surface area contributed by atoms with Crippen molar-refractivity contribution in [2.75, 3.05) is 32.1 Å². The van der Waals surface area contributed by atoms with Gasteiger partial charge >= 0.3 is 0 Å². The molecule has 0 radical (unpaired) electrons. The van der Waals surface area contributed by atoms with Crippen molar-refractivity contribution in [1.82, 2.24) is 14.3 Å². The normalized spacial score (nSPS) is 18.1. The molecule has 108 valence electrons. The maximum atomic E-state index is 5.04.